The number of fused-ring (bicyclic) bond motifs is 2. The Hall–Kier alpha value is -3.15. The molecule has 132 valence electrons. The molecule has 0 aliphatic heterocycles. The number of para-hydroxylation sites is 2. The van der Waals surface area contributed by atoms with Crippen molar-refractivity contribution in [1.29, 1.82) is 0 Å². The number of rotatable bonds is 4. The lowest BCUT2D eigenvalue weighted by Gasteiger charge is -2.06. The first-order valence-electron chi connectivity index (χ1n) is 8.75. The van der Waals surface area contributed by atoms with Crippen molar-refractivity contribution in [3.63, 3.8) is 0 Å². The lowest BCUT2D eigenvalue weighted by Crippen LogP contribution is -2.26. The molecule has 0 bridgehead atoms. The topological polar surface area (TPSA) is 61.3 Å². The summed E-state index contributed by atoms with van der Waals surface area (Å²) < 4.78 is 4.99. The van der Waals surface area contributed by atoms with Gasteiger partial charge in [-0.3, -0.25) is 18.3 Å². The summed E-state index contributed by atoms with van der Waals surface area (Å²) in [5.74, 6) is 0. The number of imidazole rings is 1. The number of aromatic nitrogens is 4. The fourth-order valence-corrected chi connectivity index (χ4v) is 3.36. The Kier molecular flexibility index (Phi) is 3.95. The van der Waals surface area contributed by atoms with Crippen LogP contribution in [0.1, 0.15) is 24.6 Å². The van der Waals surface area contributed by atoms with Crippen LogP contribution in [0, 0.1) is 6.92 Å². The number of nitrogens with zero attached hydrogens (tertiary/aromatic N) is 4. The molecule has 0 aliphatic carbocycles. The third-order valence-corrected chi connectivity index (χ3v) is 4.57. The van der Waals surface area contributed by atoms with Crippen LogP contribution in [0.2, 0.25) is 0 Å². The molecule has 0 spiro atoms. The van der Waals surface area contributed by atoms with E-state index < -0.39 is 0 Å². The second kappa shape index (κ2) is 6.29. The summed E-state index contributed by atoms with van der Waals surface area (Å²) in [5.41, 5.74) is 3.77. The predicted molar refractivity (Wildman–Crippen MR) is 102 cm³/mol. The molecule has 0 unspecified atom stereocenters. The molecule has 0 amide bonds. The molecule has 0 saturated heterocycles. The fraction of sp³-hybridized carbons (Fsp3) is 0.250. The van der Waals surface area contributed by atoms with Crippen LogP contribution in [0.5, 0.6) is 0 Å². The number of aryl methyl sites for hydroxylation is 2. The van der Waals surface area contributed by atoms with Crippen molar-refractivity contribution < 1.29 is 0 Å². The third-order valence-electron chi connectivity index (χ3n) is 4.57. The highest BCUT2D eigenvalue weighted by Crippen LogP contribution is 2.14. The molecule has 0 atom stereocenters. The van der Waals surface area contributed by atoms with Gasteiger partial charge in [0.1, 0.15) is 5.65 Å². The van der Waals surface area contributed by atoms with E-state index in [2.05, 4.69) is 4.98 Å². The number of hydrogen-bond donors (Lipinski definition) is 0. The zero-order chi connectivity index (χ0) is 18.3. The minimum Gasteiger partial charge on any atom is -0.292 e. The first-order valence-corrected chi connectivity index (χ1v) is 8.75. The Morgan fingerprint density at radius 1 is 1.00 bits per heavy atom. The summed E-state index contributed by atoms with van der Waals surface area (Å²) in [6, 6.07) is 13.0. The van der Waals surface area contributed by atoms with Crippen molar-refractivity contribution in [2.24, 2.45) is 0 Å². The summed E-state index contributed by atoms with van der Waals surface area (Å²) in [6.45, 7) is 4.95. The van der Waals surface area contributed by atoms with Crippen molar-refractivity contribution in [2.75, 3.05) is 0 Å². The average molecular weight is 348 g/mol. The summed E-state index contributed by atoms with van der Waals surface area (Å²) in [4.78, 5) is 29.9. The zero-order valence-corrected chi connectivity index (χ0v) is 14.8. The van der Waals surface area contributed by atoms with E-state index in [0.717, 1.165) is 23.0 Å². The predicted octanol–water partition coefficient (Wildman–Crippen LogP) is 2.58. The monoisotopic (exact) mass is 348 g/mol. The van der Waals surface area contributed by atoms with Crippen LogP contribution in [0.15, 0.2) is 58.3 Å². The Bertz CT molecular complexity index is 1230. The molecule has 26 heavy (non-hydrogen) atoms. The van der Waals surface area contributed by atoms with Crippen molar-refractivity contribution in [1.82, 2.24) is 18.5 Å². The van der Waals surface area contributed by atoms with Gasteiger partial charge in [-0.2, -0.15) is 0 Å². The standard InChI is InChI=1S/C20H20N4O2/c1-3-9-22-16-6-4-5-7-17(16)24(20(22)26)13-15-12-19(25)23-10-8-14(2)11-18(23)21-15/h4-8,10-12H,3,9,13H2,1-2H3. The molecule has 0 fully saturated rings. The molecule has 6 heteroatoms. The first-order chi connectivity index (χ1) is 12.6. The highest BCUT2D eigenvalue weighted by Gasteiger charge is 2.13. The van der Waals surface area contributed by atoms with Gasteiger partial charge >= 0.3 is 5.69 Å². The van der Waals surface area contributed by atoms with Gasteiger partial charge in [-0.15, -0.1) is 0 Å². The summed E-state index contributed by atoms with van der Waals surface area (Å²) >= 11 is 0. The summed E-state index contributed by atoms with van der Waals surface area (Å²) in [5, 5.41) is 0. The van der Waals surface area contributed by atoms with Crippen LogP contribution in [-0.2, 0) is 13.1 Å². The third kappa shape index (κ3) is 2.63. The molecule has 1 aromatic carbocycles. The zero-order valence-electron chi connectivity index (χ0n) is 14.8. The SMILES string of the molecule is CCCn1c(=O)n(Cc2cc(=O)n3ccc(C)cc3n2)c2ccccc21. The van der Waals surface area contributed by atoms with Crippen molar-refractivity contribution in [3.05, 3.63) is 80.8 Å². The normalized spacial score (nSPS) is 11.5. The maximum Gasteiger partial charge on any atom is 0.329 e. The van der Waals surface area contributed by atoms with E-state index in [0.29, 0.717) is 17.9 Å². The average Bonchev–Trinajstić information content (AvgIpc) is 2.88. The molecule has 4 aromatic rings. The molecule has 0 N–H and O–H groups in total. The maximum absolute atomic E-state index is 12.9. The van der Waals surface area contributed by atoms with Crippen molar-refractivity contribution in [3.8, 4) is 0 Å². The molecule has 4 rings (SSSR count). The summed E-state index contributed by atoms with van der Waals surface area (Å²) in [7, 11) is 0. The molecule has 6 nitrogen and oxygen atoms in total. The van der Waals surface area contributed by atoms with Crippen LogP contribution < -0.4 is 11.2 Å². The lowest BCUT2D eigenvalue weighted by molar-refractivity contribution is 0.634. The van der Waals surface area contributed by atoms with Crippen LogP contribution in [0.4, 0.5) is 0 Å². The number of benzene rings is 1. The van der Waals surface area contributed by atoms with E-state index in [1.54, 1.807) is 15.3 Å². The van der Waals surface area contributed by atoms with Crippen LogP contribution >= 0.6 is 0 Å². The number of hydrogen-bond acceptors (Lipinski definition) is 3. The Morgan fingerprint density at radius 3 is 2.46 bits per heavy atom. The van der Waals surface area contributed by atoms with Crippen LogP contribution in [0.3, 0.4) is 0 Å². The second-order valence-corrected chi connectivity index (χ2v) is 6.53. The summed E-state index contributed by atoms with van der Waals surface area (Å²) in [6.07, 6.45) is 2.60. The minimum atomic E-state index is -0.143. The Labute approximate surface area is 150 Å². The molecular weight excluding hydrogens is 328 g/mol. The van der Waals surface area contributed by atoms with Gasteiger partial charge in [0.15, 0.2) is 0 Å². The molecule has 0 radical (unpaired) electrons. The van der Waals surface area contributed by atoms with Gasteiger partial charge in [0, 0.05) is 18.8 Å². The van der Waals surface area contributed by atoms with E-state index in [-0.39, 0.29) is 17.8 Å². The van der Waals surface area contributed by atoms with Gasteiger partial charge in [-0.05, 0) is 43.2 Å². The first kappa shape index (κ1) is 16.3. The van der Waals surface area contributed by atoms with E-state index in [4.69, 9.17) is 0 Å². The Balaban J connectivity index is 1.88. The van der Waals surface area contributed by atoms with Gasteiger partial charge in [-0.1, -0.05) is 19.1 Å². The molecule has 3 aromatic heterocycles. The molecular formula is C20H20N4O2. The van der Waals surface area contributed by atoms with Crippen molar-refractivity contribution >= 4 is 16.7 Å². The number of pyridine rings is 1. The van der Waals surface area contributed by atoms with Gasteiger partial charge in [0.2, 0.25) is 0 Å². The van der Waals surface area contributed by atoms with E-state index >= 15 is 0 Å². The molecule has 0 aliphatic rings. The van der Waals surface area contributed by atoms with Crippen LogP contribution in [0.25, 0.3) is 16.7 Å². The highest BCUT2D eigenvalue weighted by molar-refractivity contribution is 5.76. The fourth-order valence-electron chi connectivity index (χ4n) is 3.36. The van der Waals surface area contributed by atoms with Gasteiger partial charge in [-0.25, -0.2) is 9.78 Å². The van der Waals surface area contributed by atoms with E-state index in [1.165, 1.54) is 10.5 Å². The molecule has 3 heterocycles. The highest BCUT2D eigenvalue weighted by atomic mass is 16.2. The van der Waals surface area contributed by atoms with Crippen molar-refractivity contribution in [2.45, 2.75) is 33.4 Å². The van der Waals surface area contributed by atoms with Crippen LogP contribution in [-0.4, -0.2) is 18.5 Å². The largest absolute Gasteiger partial charge is 0.329 e. The smallest absolute Gasteiger partial charge is 0.292 e. The second-order valence-electron chi connectivity index (χ2n) is 6.53. The van der Waals surface area contributed by atoms with E-state index in [9.17, 15) is 9.59 Å². The lowest BCUT2D eigenvalue weighted by atomic mass is 10.3. The van der Waals surface area contributed by atoms with Gasteiger partial charge in [0.05, 0.1) is 23.3 Å². The van der Waals surface area contributed by atoms with Gasteiger partial charge in [0.25, 0.3) is 5.56 Å². The molecule has 0 saturated carbocycles. The van der Waals surface area contributed by atoms with E-state index in [1.807, 2.05) is 50.2 Å². The quantitative estimate of drug-likeness (QED) is 0.569. The minimum absolute atomic E-state index is 0.0701. The Morgan fingerprint density at radius 2 is 1.73 bits per heavy atom. The maximum atomic E-state index is 12.9. The van der Waals surface area contributed by atoms with Gasteiger partial charge < -0.3 is 0 Å².